The Labute approximate surface area is 122 Å². The van der Waals surface area contributed by atoms with Gasteiger partial charge in [0.05, 0.1) is 5.00 Å². The molecule has 4 heteroatoms. The van der Waals surface area contributed by atoms with Gasteiger partial charge in [0.25, 0.3) is 0 Å². The summed E-state index contributed by atoms with van der Waals surface area (Å²) in [5.74, 6) is 0.0358. The molecule has 1 amide bonds. The van der Waals surface area contributed by atoms with E-state index in [1.807, 2.05) is 31.2 Å². The lowest BCUT2D eigenvalue weighted by Crippen LogP contribution is -2.09. The fraction of sp³-hybridized carbons (Fsp3) is 0.312. The fourth-order valence-corrected chi connectivity index (χ4v) is 3.89. The summed E-state index contributed by atoms with van der Waals surface area (Å²) in [5.41, 5.74) is 10.8. The van der Waals surface area contributed by atoms with Crippen molar-refractivity contribution < 1.29 is 4.79 Å². The van der Waals surface area contributed by atoms with Crippen molar-refractivity contribution in [2.75, 3.05) is 11.1 Å². The Balaban J connectivity index is 1.90. The number of carbonyl (C=O) groups excluding carboxylic acids is 1. The monoisotopic (exact) mass is 286 g/mol. The number of nitrogens with two attached hydrogens (primary N) is 1. The zero-order valence-corrected chi connectivity index (χ0v) is 12.3. The van der Waals surface area contributed by atoms with Gasteiger partial charge in [-0.3, -0.25) is 4.79 Å². The quantitative estimate of drug-likeness (QED) is 0.901. The summed E-state index contributed by atoms with van der Waals surface area (Å²) >= 11 is 1.72. The number of hydrogen-bond acceptors (Lipinski definition) is 3. The molecule has 1 aromatic heterocycles. The molecular formula is C16H18N2OS. The van der Waals surface area contributed by atoms with Crippen LogP contribution in [0, 0.1) is 0 Å². The van der Waals surface area contributed by atoms with Gasteiger partial charge in [0.1, 0.15) is 0 Å². The van der Waals surface area contributed by atoms with Crippen molar-refractivity contribution in [3.8, 4) is 11.1 Å². The fourth-order valence-electron chi connectivity index (χ4n) is 2.71. The average Bonchev–Trinajstić information content (AvgIpc) is 2.99. The summed E-state index contributed by atoms with van der Waals surface area (Å²) in [6, 6.07) is 7.98. The first kappa shape index (κ1) is 13.2. The molecule has 0 aliphatic heterocycles. The van der Waals surface area contributed by atoms with Gasteiger partial charge < -0.3 is 11.1 Å². The summed E-state index contributed by atoms with van der Waals surface area (Å²) in [5, 5.41) is 3.78. The molecule has 0 spiro atoms. The highest BCUT2D eigenvalue weighted by atomic mass is 32.1. The maximum atomic E-state index is 11.4. The Morgan fingerprint density at radius 2 is 2.05 bits per heavy atom. The van der Waals surface area contributed by atoms with Crippen LogP contribution in [0.1, 0.15) is 30.2 Å². The highest BCUT2D eigenvalue weighted by Crippen LogP contribution is 2.43. The molecule has 3 rings (SSSR count). The van der Waals surface area contributed by atoms with Crippen LogP contribution in [-0.2, 0) is 17.6 Å². The van der Waals surface area contributed by atoms with Gasteiger partial charge in [-0.15, -0.1) is 11.3 Å². The van der Waals surface area contributed by atoms with Crippen molar-refractivity contribution in [1.82, 2.24) is 0 Å². The van der Waals surface area contributed by atoms with Crippen LogP contribution in [0.4, 0.5) is 10.7 Å². The minimum absolute atomic E-state index is 0.0358. The van der Waals surface area contributed by atoms with Crippen molar-refractivity contribution in [3.05, 3.63) is 34.7 Å². The molecule has 0 saturated heterocycles. The molecule has 0 atom stereocenters. The molecule has 1 heterocycles. The van der Waals surface area contributed by atoms with Crippen LogP contribution < -0.4 is 11.1 Å². The molecule has 0 bridgehead atoms. The van der Waals surface area contributed by atoms with Crippen LogP contribution in [0.2, 0.25) is 0 Å². The van der Waals surface area contributed by atoms with Gasteiger partial charge in [-0.2, -0.15) is 0 Å². The number of carbonyl (C=O) groups is 1. The highest BCUT2D eigenvalue weighted by Gasteiger charge is 2.21. The van der Waals surface area contributed by atoms with Crippen molar-refractivity contribution in [1.29, 1.82) is 0 Å². The number of aryl methyl sites for hydroxylation is 1. The van der Waals surface area contributed by atoms with E-state index < -0.39 is 0 Å². The Bertz CT molecular complexity index is 643. The van der Waals surface area contributed by atoms with Crippen LogP contribution in [0.15, 0.2) is 24.3 Å². The van der Waals surface area contributed by atoms with E-state index in [0.29, 0.717) is 6.42 Å². The Hall–Kier alpha value is -1.81. The standard InChI is InChI=1S/C16H18N2OS/c1-2-14(19)18-11-8-6-10(7-9-11)15-12-4-3-5-13(12)20-16(15)17/h6-9H,2-5,17H2,1H3,(H,18,19). The third-order valence-corrected chi connectivity index (χ3v) is 4.85. The molecule has 1 aliphatic carbocycles. The molecule has 0 fully saturated rings. The second kappa shape index (κ2) is 5.29. The normalized spacial score (nSPS) is 13.2. The van der Waals surface area contributed by atoms with Crippen molar-refractivity contribution >= 4 is 27.9 Å². The molecule has 20 heavy (non-hydrogen) atoms. The zero-order chi connectivity index (χ0) is 14.1. The van der Waals surface area contributed by atoms with Crippen LogP contribution in [-0.4, -0.2) is 5.91 Å². The highest BCUT2D eigenvalue weighted by molar-refractivity contribution is 7.16. The van der Waals surface area contributed by atoms with Crippen molar-refractivity contribution in [3.63, 3.8) is 0 Å². The van der Waals surface area contributed by atoms with Crippen LogP contribution >= 0.6 is 11.3 Å². The molecular weight excluding hydrogens is 268 g/mol. The van der Waals surface area contributed by atoms with E-state index >= 15 is 0 Å². The lowest BCUT2D eigenvalue weighted by atomic mass is 10.0. The molecule has 0 radical (unpaired) electrons. The van der Waals surface area contributed by atoms with Crippen molar-refractivity contribution in [2.45, 2.75) is 32.6 Å². The summed E-state index contributed by atoms with van der Waals surface area (Å²) in [6.07, 6.45) is 4.02. The zero-order valence-electron chi connectivity index (χ0n) is 11.5. The first-order chi connectivity index (χ1) is 9.69. The van der Waals surface area contributed by atoms with Gasteiger partial charge in [0.2, 0.25) is 5.91 Å². The molecule has 3 nitrogen and oxygen atoms in total. The van der Waals surface area contributed by atoms with Gasteiger partial charge in [-0.1, -0.05) is 19.1 Å². The SMILES string of the molecule is CCC(=O)Nc1ccc(-c2c(N)sc3c2CCC3)cc1. The maximum absolute atomic E-state index is 11.4. The van der Waals surface area contributed by atoms with E-state index in [-0.39, 0.29) is 5.91 Å². The van der Waals surface area contributed by atoms with E-state index in [2.05, 4.69) is 5.32 Å². The van der Waals surface area contributed by atoms with Crippen LogP contribution in [0.3, 0.4) is 0 Å². The number of anilines is 2. The number of fused-ring (bicyclic) bond motifs is 1. The maximum Gasteiger partial charge on any atom is 0.224 e. The summed E-state index contributed by atoms with van der Waals surface area (Å²) < 4.78 is 0. The second-order valence-electron chi connectivity index (χ2n) is 5.08. The molecule has 1 aromatic carbocycles. The van der Waals surface area contributed by atoms with E-state index in [1.165, 1.54) is 22.4 Å². The van der Waals surface area contributed by atoms with Gasteiger partial charge in [0, 0.05) is 22.5 Å². The minimum atomic E-state index is 0.0358. The second-order valence-corrected chi connectivity index (χ2v) is 6.21. The molecule has 0 saturated carbocycles. The van der Waals surface area contributed by atoms with Gasteiger partial charge in [-0.05, 0) is 42.5 Å². The summed E-state index contributed by atoms with van der Waals surface area (Å²) in [7, 11) is 0. The largest absolute Gasteiger partial charge is 0.390 e. The predicted octanol–water partition coefficient (Wildman–Crippen LogP) is 3.83. The smallest absolute Gasteiger partial charge is 0.224 e. The van der Waals surface area contributed by atoms with Crippen LogP contribution in [0.5, 0.6) is 0 Å². The number of hydrogen-bond donors (Lipinski definition) is 2. The van der Waals surface area contributed by atoms with E-state index in [4.69, 9.17) is 5.73 Å². The van der Waals surface area contributed by atoms with E-state index in [0.717, 1.165) is 29.1 Å². The van der Waals surface area contributed by atoms with Crippen LogP contribution in [0.25, 0.3) is 11.1 Å². The number of nitrogen functional groups attached to an aromatic ring is 1. The third kappa shape index (κ3) is 2.31. The number of benzene rings is 1. The molecule has 0 unspecified atom stereocenters. The van der Waals surface area contributed by atoms with E-state index in [9.17, 15) is 4.79 Å². The number of thiophene rings is 1. The molecule has 2 aromatic rings. The van der Waals surface area contributed by atoms with Gasteiger partial charge in [0.15, 0.2) is 0 Å². The number of rotatable bonds is 3. The summed E-state index contributed by atoms with van der Waals surface area (Å²) in [6.45, 7) is 1.85. The number of nitrogens with one attached hydrogen (secondary N) is 1. The topological polar surface area (TPSA) is 55.1 Å². The van der Waals surface area contributed by atoms with Gasteiger partial charge >= 0.3 is 0 Å². The Kier molecular flexibility index (Phi) is 3.49. The average molecular weight is 286 g/mol. The lowest BCUT2D eigenvalue weighted by molar-refractivity contribution is -0.115. The third-order valence-electron chi connectivity index (χ3n) is 3.73. The first-order valence-corrected chi connectivity index (χ1v) is 7.81. The predicted molar refractivity (Wildman–Crippen MR) is 85.1 cm³/mol. The van der Waals surface area contributed by atoms with Crippen molar-refractivity contribution in [2.24, 2.45) is 0 Å². The first-order valence-electron chi connectivity index (χ1n) is 6.99. The Morgan fingerprint density at radius 3 is 2.75 bits per heavy atom. The molecule has 1 aliphatic rings. The number of amides is 1. The summed E-state index contributed by atoms with van der Waals surface area (Å²) in [4.78, 5) is 12.8. The van der Waals surface area contributed by atoms with Gasteiger partial charge in [-0.25, -0.2) is 0 Å². The molecule has 3 N–H and O–H groups in total. The lowest BCUT2D eigenvalue weighted by Gasteiger charge is -2.07. The molecule has 104 valence electrons. The Morgan fingerprint density at radius 1 is 1.30 bits per heavy atom. The minimum Gasteiger partial charge on any atom is -0.390 e. The van der Waals surface area contributed by atoms with E-state index in [1.54, 1.807) is 11.3 Å².